The van der Waals surface area contributed by atoms with E-state index in [0.717, 1.165) is 49.3 Å². The fourth-order valence-corrected chi connectivity index (χ4v) is 4.19. The maximum Gasteiger partial charge on any atom is 0.191 e. The van der Waals surface area contributed by atoms with Gasteiger partial charge in [-0.2, -0.15) is 0 Å². The summed E-state index contributed by atoms with van der Waals surface area (Å²) in [5.41, 5.74) is 1.27. The van der Waals surface area contributed by atoms with Crippen molar-refractivity contribution in [2.45, 2.75) is 32.2 Å². The van der Waals surface area contributed by atoms with Crippen molar-refractivity contribution in [3.8, 4) is 0 Å². The number of aryl methyl sites for hydroxylation is 1. The summed E-state index contributed by atoms with van der Waals surface area (Å²) in [7, 11) is 1.83. The Morgan fingerprint density at radius 3 is 2.88 bits per heavy atom. The summed E-state index contributed by atoms with van der Waals surface area (Å²) in [4.78, 5) is 12.6. The summed E-state index contributed by atoms with van der Waals surface area (Å²) in [6, 6.07) is 8.94. The van der Waals surface area contributed by atoms with E-state index < -0.39 is 0 Å². The number of hydrogen-bond acceptors (Lipinski definition) is 4. The first-order valence-corrected chi connectivity index (χ1v) is 10.7. The van der Waals surface area contributed by atoms with Crippen molar-refractivity contribution in [2.75, 3.05) is 31.6 Å². The van der Waals surface area contributed by atoms with E-state index in [2.05, 4.69) is 72.6 Å². The molecule has 0 amide bonds. The van der Waals surface area contributed by atoms with Crippen molar-refractivity contribution in [3.63, 3.8) is 0 Å². The first-order chi connectivity index (χ1) is 12.7. The summed E-state index contributed by atoms with van der Waals surface area (Å²) < 4.78 is 1.12. The molecular formula is C19H26BrN5S. The second kappa shape index (κ2) is 9.37. The first kappa shape index (κ1) is 19.2. The van der Waals surface area contributed by atoms with E-state index in [1.807, 2.05) is 13.2 Å². The lowest BCUT2D eigenvalue weighted by molar-refractivity contribution is 0.648. The zero-order chi connectivity index (χ0) is 18.4. The van der Waals surface area contributed by atoms with Gasteiger partial charge in [0.2, 0.25) is 0 Å². The summed E-state index contributed by atoms with van der Waals surface area (Å²) in [6.45, 7) is 5.07. The lowest BCUT2D eigenvalue weighted by Gasteiger charge is -2.20. The molecule has 1 aromatic heterocycles. The number of hydrogen-bond donors (Lipinski definition) is 2. The van der Waals surface area contributed by atoms with Crippen LogP contribution in [0.1, 0.15) is 23.2 Å². The van der Waals surface area contributed by atoms with Crippen LogP contribution in [-0.4, -0.2) is 43.7 Å². The van der Waals surface area contributed by atoms with Crippen LogP contribution < -0.4 is 15.5 Å². The highest BCUT2D eigenvalue weighted by Gasteiger charge is 2.23. The largest absolute Gasteiger partial charge is 0.369 e. The molecule has 0 radical (unpaired) electrons. The molecule has 1 atom stereocenters. The van der Waals surface area contributed by atoms with Crippen LogP contribution in [0.4, 0.5) is 5.69 Å². The van der Waals surface area contributed by atoms with Gasteiger partial charge in [0.05, 0.1) is 5.01 Å². The quantitative estimate of drug-likeness (QED) is 0.538. The van der Waals surface area contributed by atoms with E-state index in [1.165, 1.54) is 15.6 Å². The molecule has 7 heteroatoms. The average molecular weight is 436 g/mol. The molecule has 2 heterocycles. The van der Waals surface area contributed by atoms with Crippen LogP contribution in [-0.2, 0) is 12.8 Å². The summed E-state index contributed by atoms with van der Waals surface area (Å²) in [5, 5.41) is 8.15. The van der Waals surface area contributed by atoms with Gasteiger partial charge in [0.1, 0.15) is 0 Å². The monoisotopic (exact) mass is 435 g/mol. The van der Waals surface area contributed by atoms with Crippen molar-refractivity contribution in [3.05, 3.63) is 44.8 Å². The lowest BCUT2D eigenvalue weighted by Crippen LogP contribution is -2.45. The molecule has 140 valence electrons. The Labute approximate surface area is 168 Å². The van der Waals surface area contributed by atoms with E-state index in [1.54, 1.807) is 11.3 Å². The van der Waals surface area contributed by atoms with Gasteiger partial charge in [-0.05, 0) is 37.1 Å². The molecular weight excluding hydrogens is 410 g/mol. The third kappa shape index (κ3) is 5.20. The zero-order valence-corrected chi connectivity index (χ0v) is 17.7. The number of nitrogens with one attached hydrogen (secondary N) is 2. The maximum atomic E-state index is 4.47. The number of thiazole rings is 1. The lowest BCUT2D eigenvalue weighted by atomic mass is 10.3. The molecule has 1 aromatic carbocycles. The molecule has 1 aliphatic heterocycles. The molecule has 0 bridgehead atoms. The Kier molecular flexibility index (Phi) is 6.91. The van der Waals surface area contributed by atoms with Crippen LogP contribution in [0.3, 0.4) is 0 Å². The number of anilines is 1. The van der Waals surface area contributed by atoms with Crippen LogP contribution >= 0.6 is 27.3 Å². The minimum Gasteiger partial charge on any atom is -0.369 e. The van der Waals surface area contributed by atoms with Gasteiger partial charge in [-0.25, -0.2) is 4.98 Å². The Bertz CT molecular complexity index is 728. The number of benzene rings is 1. The molecule has 26 heavy (non-hydrogen) atoms. The summed E-state index contributed by atoms with van der Waals surface area (Å²) in [6.07, 6.45) is 5.09. The van der Waals surface area contributed by atoms with Gasteiger partial charge in [-0.3, -0.25) is 4.99 Å². The van der Waals surface area contributed by atoms with Gasteiger partial charge >= 0.3 is 0 Å². The van der Waals surface area contributed by atoms with Gasteiger partial charge in [0, 0.05) is 60.4 Å². The molecule has 1 aliphatic rings. The van der Waals surface area contributed by atoms with E-state index in [4.69, 9.17) is 0 Å². The molecule has 5 nitrogen and oxygen atoms in total. The first-order valence-electron chi connectivity index (χ1n) is 9.09. The summed E-state index contributed by atoms with van der Waals surface area (Å²) in [5.74, 6) is 0.875. The van der Waals surface area contributed by atoms with E-state index in [0.29, 0.717) is 6.04 Å². The number of aliphatic imine (C=N–C) groups is 1. The van der Waals surface area contributed by atoms with Crippen molar-refractivity contribution >= 4 is 38.9 Å². The van der Waals surface area contributed by atoms with Gasteiger partial charge in [0.25, 0.3) is 0 Å². The van der Waals surface area contributed by atoms with Crippen LogP contribution in [0, 0.1) is 0 Å². The predicted molar refractivity (Wildman–Crippen MR) is 114 cm³/mol. The average Bonchev–Trinajstić information content (AvgIpc) is 3.31. The Hall–Kier alpha value is -1.60. The predicted octanol–water partition coefficient (Wildman–Crippen LogP) is 3.45. The van der Waals surface area contributed by atoms with Gasteiger partial charge in [-0.15, -0.1) is 11.3 Å². The summed E-state index contributed by atoms with van der Waals surface area (Å²) >= 11 is 5.30. The maximum absolute atomic E-state index is 4.47. The molecule has 1 saturated heterocycles. The molecule has 3 rings (SSSR count). The highest BCUT2D eigenvalue weighted by atomic mass is 79.9. The Balaban J connectivity index is 1.44. The molecule has 0 spiro atoms. The van der Waals surface area contributed by atoms with E-state index in [9.17, 15) is 0 Å². The molecule has 0 aliphatic carbocycles. The standard InChI is InChI=1S/C19H26BrN5S/c1-3-17-12-23-18(26-17)8-10-22-19(21-2)24-15-9-11-25(13-15)16-6-4-14(20)5-7-16/h4-7,12,15H,3,8-11,13H2,1-2H3,(H2,21,22,24). The fraction of sp³-hybridized carbons (Fsp3) is 0.474. The minimum absolute atomic E-state index is 0.413. The third-order valence-electron chi connectivity index (χ3n) is 4.53. The van der Waals surface area contributed by atoms with Gasteiger partial charge in [-0.1, -0.05) is 22.9 Å². The van der Waals surface area contributed by atoms with Crippen molar-refractivity contribution in [2.24, 2.45) is 4.99 Å². The van der Waals surface area contributed by atoms with Gasteiger partial charge in [0.15, 0.2) is 5.96 Å². The second-order valence-electron chi connectivity index (χ2n) is 6.38. The second-order valence-corrected chi connectivity index (χ2v) is 8.49. The molecule has 2 N–H and O–H groups in total. The third-order valence-corrected chi connectivity index (χ3v) is 6.26. The molecule has 0 saturated carbocycles. The highest BCUT2D eigenvalue weighted by Crippen LogP contribution is 2.22. The van der Waals surface area contributed by atoms with Crippen molar-refractivity contribution in [1.29, 1.82) is 0 Å². The number of guanidine groups is 1. The molecule has 1 unspecified atom stereocenters. The van der Waals surface area contributed by atoms with Crippen molar-refractivity contribution < 1.29 is 0 Å². The normalized spacial score (nSPS) is 17.6. The van der Waals surface area contributed by atoms with Crippen LogP contribution in [0.2, 0.25) is 0 Å². The van der Waals surface area contributed by atoms with Crippen LogP contribution in [0.15, 0.2) is 39.9 Å². The highest BCUT2D eigenvalue weighted by molar-refractivity contribution is 9.10. The van der Waals surface area contributed by atoms with E-state index >= 15 is 0 Å². The molecule has 2 aromatic rings. The SMILES string of the molecule is CCc1cnc(CCNC(=NC)NC2CCN(c3ccc(Br)cc3)C2)s1. The topological polar surface area (TPSA) is 52.6 Å². The smallest absolute Gasteiger partial charge is 0.191 e. The van der Waals surface area contributed by atoms with Crippen molar-refractivity contribution in [1.82, 2.24) is 15.6 Å². The van der Waals surface area contributed by atoms with Gasteiger partial charge < -0.3 is 15.5 Å². The fourth-order valence-electron chi connectivity index (χ4n) is 3.07. The zero-order valence-electron chi connectivity index (χ0n) is 15.3. The minimum atomic E-state index is 0.413. The number of halogens is 1. The molecule has 1 fully saturated rings. The van der Waals surface area contributed by atoms with Crippen LogP contribution in [0.5, 0.6) is 0 Å². The Morgan fingerprint density at radius 1 is 1.38 bits per heavy atom. The number of rotatable bonds is 6. The number of nitrogens with zero attached hydrogens (tertiary/aromatic N) is 3. The van der Waals surface area contributed by atoms with E-state index in [-0.39, 0.29) is 0 Å². The Morgan fingerprint density at radius 2 is 2.19 bits per heavy atom. The number of aromatic nitrogens is 1. The van der Waals surface area contributed by atoms with Crippen LogP contribution in [0.25, 0.3) is 0 Å².